The van der Waals surface area contributed by atoms with Crippen molar-refractivity contribution in [3.05, 3.63) is 84.4 Å². The number of carbonyl (C=O) groups excluding carboxylic acids is 1. The van der Waals surface area contributed by atoms with Gasteiger partial charge in [-0.1, -0.05) is 65.9 Å². The van der Waals surface area contributed by atoms with Gasteiger partial charge in [-0.05, 0) is 51.3 Å². The number of carbonyl (C=O) groups is 1. The molecule has 0 radical (unpaired) electrons. The van der Waals surface area contributed by atoms with Crippen LogP contribution in [-0.2, 0) is 0 Å². The second kappa shape index (κ2) is 11.7. The molecular formula is C29H29ClN4O2S. The van der Waals surface area contributed by atoms with Gasteiger partial charge in [-0.25, -0.2) is 9.97 Å². The zero-order valence-electron chi connectivity index (χ0n) is 21.0. The van der Waals surface area contributed by atoms with Gasteiger partial charge in [0.1, 0.15) is 11.3 Å². The Bertz CT molecular complexity index is 1520. The highest BCUT2D eigenvalue weighted by molar-refractivity contribution is 7.22. The SMILES string of the molecule is COc1cccc2sc(N(CCCN(C)C)C(=O)c3cc(-c4ccccc4)nc4ccccc34)nc12.Cl. The summed E-state index contributed by atoms with van der Waals surface area (Å²) in [4.78, 5) is 27.9. The number of nitrogens with zero attached hydrogens (tertiary/aromatic N) is 4. The fourth-order valence-corrected chi connectivity index (χ4v) is 5.28. The highest BCUT2D eigenvalue weighted by Gasteiger charge is 2.24. The normalized spacial score (nSPS) is 11.0. The first-order valence-electron chi connectivity index (χ1n) is 11.9. The minimum absolute atomic E-state index is 0. The van der Waals surface area contributed by atoms with Gasteiger partial charge in [0.25, 0.3) is 5.91 Å². The van der Waals surface area contributed by atoms with Crippen LogP contribution >= 0.6 is 23.7 Å². The fraction of sp³-hybridized carbons (Fsp3) is 0.207. The predicted octanol–water partition coefficient (Wildman–Crippen LogP) is 6.54. The number of thiazole rings is 1. The molecule has 3 aromatic carbocycles. The molecule has 0 N–H and O–H groups in total. The molecule has 0 aliphatic heterocycles. The van der Waals surface area contributed by atoms with Crippen LogP contribution in [0, 0.1) is 0 Å². The third-order valence-corrected chi connectivity index (χ3v) is 7.11. The molecule has 0 spiro atoms. The monoisotopic (exact) mass is 532 g/mol. The molecule has 6 nitrogen and oxygen atoms in total. The maximum absolute atomic E-state index is 14.3. The lowest BCUT2D eigenvalue weighted by atomic mass is 10.0. The molecule has 37 heavy (non-hydrogen) atoms. The van der Waals surface area contributed by atoms with Crippen LogP contribution in [0.4, 0.5) is 5.13 Å². The lowest BCUT2D eigenvalue weighted by Gasteiger charge is -2.22. The number of fused-ring (bicyclic) bond motifs is 2. The number of pyridine rings is 1. The van der Waals surface area contributed by atoms with Gasteiger partial charge in [0.2, 0.25) is 0 Å². The lowest BCUT2D eigenvalue weighted by molar-refractivity contribution is 0.0987. The van der Waals surface area contributed by atoms with Gasteiger partial charge in [-0.2, -0.15) is 0 Å². The molecule has 0 atom stereocenters. The smallest absolute Gasteiger partial charge is 0.260 e. The van der Waals surface area contributed by atoms with E-state index in [1.165, 1.54) is 11.3 Å². The number of hydrogen-bond acceptors (Lipinski definition) is 6. The number of benzene rings is 3. The zero-order valence-corrected chi connectivity index (χ0v) is 22.7. The quantitative estimate of drug-likeness (QED) is 0.227. The van der Waals surface area contributed by atoms with Crippen molar-refractivity contribution in [3.63, 3.8) is 0 Å². The third-order valence-electron chi connectivity index (χ3n) is 6.07. The summed E-state index contributed by atoms with van der Waals surface area (Å²) in [5.74, 6) is 0.624. The first kappa shape index (κ1) is 26.5. The van der Waals surface area contributed by atoms with E-state index in [0.29, 0.717) is 23.0 Å². The first-order chi connectivity index (χ1) is 17.5. The lowest BCUT2D eigenvalue weighted by Crippen LogP contribution is -2.33. The molecule has 0 aliphatic rings. The molecule has 2 heterocycles. The van der Waals surface area contributed by atoms with Crippen LogP contribution in [0.2, 0.25) is 0 Å². The predicted molar refractivity (Wildman–Crippen MR) is 155 cm³/mol. The van der Waals surface area contributed by atoms with Gasteiger partial charge >= 0.3 is 0 Å². The second-order valence-electron chi connectivity index (χ2n) is 8.86. The largest absolute Gasteiger partial charge is 0.494 e. The van der Waals surface area contributed by atoms with Crippen molar-refractivity contribution < 1.29 is 9.53 Å². The van der Waals surface area contributed by atoms with Crippen LogP contribution in [0.5, 0.6) is 5.75 Å². The maximum Gasteiger partial charge on any atom is 0.260 e. The Balaban J connectivity index is 0.00000320. The van der Waals surface area contributed by atoms with Crippen LogP contribution in [-0.4, -0.2) is 55.1 Å². The molecule has 190 valence electrons. The van der Waals surface area contributed by atoms with Gasteiger partial charge in [0.15, 0.2) is 5.13 Å². The number of ether oxygens (including phenoxy) is 1. The van der Waals surface area contributed by atoms with E-state index in [1.807, 2.05) is 97.9 Å². The van der Waals surface area contributed by atoms with Crippen LogP contribution in [0.1, 0.15) is 16.8 Å². The number of aromatic nitrogens is 2. The Morgan fingerprint density at radius 3 is 2.43 bits per heavy atom. The van der Waals surface area contributed by atoms with Crippen molar-refractivity contribution in [1.82, 2.24) is 14.9 Å². The molecule has 2 aromatic heterocycles. The Kier molecular flexibility index (Phi) is 8.38. The standard InChI is InChI=1S/C29H28N4O2S.ClH/c1-32(2)17-10-18-33(29-31-27-25(35-3)15-9-16-26(27)36-29)28(34)22-19-24(20-11-5-4-6-12-20)30-23-14-8-7-13-21(22)23;/h4-9,11-16,19H,10,17-18H2,1-3H3;1H. The Hall–Kier alpha value is -3.52. The summed E-state index contributed by atoms with van der Waals surface area (Å²) in [6.45, 7) is 1.42. The number of halogens is 1. The van der Waals surface area contributed by atoms with Gasteiger partial charge in [0, 0.05) is 17.5 Å². The number of rotatable bonds is 8. The number of para-hydroxylation sites is 2. The van der Waals surface area contributed by atoms with E-state index in [9.17, 15) is 4.79 Å². The highest BCUT2D eigenvalue weighted by atomic mass is 35.5. The summed E-state index contributed by atoms with van der Waals surface area (Å²) in [6, 6.07) is 25.5. The van der Waals surface area contributed by atoms with Crippen LogP contribution in [0.3, 0.4) is 0 Å². The molecule has 5 rings (SSSR count). The fourth-order valence-electron chi connectivity index (χ4n) is 4.28. The van der Waals surface area contributed by atoms with Crippen molar-refractivity contribution in [2.75, 3.05) is 39.2 Å². The van der Waals surface area contributed by atoms with Crippen molar-refractivity contribution in [3.8, 4) is 17.0 Å². The van der Waals surface area contributed by atoms with E-state index >= 15 is 0 Å². The average molecular weight is 533 g/mol. The highest BCUT2D eigenvalue weighted by Crippen LogP contribution is 2.35. The number of amides is 1. The molecule has 0 saturated carbocycles. The van der Waals surface area contributed by atoms with E-state index in [4.69, 9.17) is 14.7 Å². The van der Waals surface area contributed by atoms with E-state index in [-0.39, 0.29) is 18.3 Å². The first-order valence-corrected chi connectivity index (χ1v) is 12.7. The second-order valence-corrected chi connectivity index (χ2v) is 9.86. The van der Waals surface area contributed by atoms with Gasteiger partial charge in [0.05, 0.1) is 28.6 Å². The molecule has 0 bridgehead atoms. The number of anilines is 1. The van der Waals surface area contributed by atoms with E-state index in [1.54, 1.807) is 7.11 Å². The number of hydrogen-bond donors (Lipinski definition) is 0. The van der Waals surface area contributed by atoms with E-state index < -0.39 is 0 Å². The summed E-state index contributed by atoms with van der Waals surface area (Å²) >= 11 is 1.51. The summed E-state index contributed by atoms with van der Waals surface area (Å²) in [5.41, 5.74) is 3.94. The van der Waals surface area contributed by atoms with Crippen molar-refractivity contribution in [2.45, 2.75) is 6.42 Å². The van der Waals surface area contributed by atoms with E-state index in [0.717, 1.165) is 45.3 Å². The molecule has 0 unspecified atom stereocenters. The Morgan fingerprint density at radius 1 is 0.919 bits per heavy atom. The summed E-state index contributed by atoms with van der Waals surface area (Å²) < 4.78 is 6.51. The topological polar surface area (TPSA) is 58.6 Å². The van der Waals surface area contributed by atoms with Crippen LogP contribution in [0.15, 0.2) is 78.9 Å². The molecule has 8 heteroatoms. The minimum atomic E-state index is -0.0810. The molecular weight excluding hydrogens is 504 g/mol. The van der Waals surface area contributed by atoms with Crippen LogP contribution in [0.25, 0.3) is 32.4 Å². The Morgan fingerprint density at radius 2 is 1.68 bits per heavy atom. The zero-order chi connectivity index (χ0) is 25.1. The molecule has 5 aromatic rings. The summed E-state index contributed by atoms with van der Waals surface area (Å²) in [6.07, 6.45) is 0.820. The molecule has 1 amide bonds. The number of methoxy groups -OCH3 is 1. The summed E-state index contributed by atoms with van der Waals surface area (Å²) in [7, 11) is 5.72. The van der Waals surface area contributed by atoms with E-state index in [2.05, 4.69) is 4.90 Å². The van der Waals surface area contributed by atoms with Crippen molar-refractivity contribution in [2.24, 2.45) is 0 Å². The van der Waals surface area contributed by atoms with Gasteiger partial charge < -0.3 is 9.64 Å². The van der Waals surface area contributed by atoms with Crippen molar-refractivity contribution >= 4 is 55.9 Å². The van der Waals surface area contributed by atoms with Gasteiger partial charge in [-0.15, -0.1) is 12.4 Å². The van der Waals surface area contributed by atoms with Crippen molar-refractivity contribution in [1.29, 1.82) is 0 Å². The molecule has 0 aliphatic carbocycles. The van der Waals surface area contributed by atoms with Crippen LogP contribution < -0.4 is 9.64 Å². The third kappa shape index (κ3) is 5.59. The minimum Gasteiger partial charge on any atom is -0.494 e. The maximum atomic E-state index is 14.3. The van der Waals surface area contributed by atoms with Gasteiger partial charge in [-0.3, -0.25) is 9.69 Å². The summed E-state index contributed by atoms with van der Waals surface area (Å²) in [5, 5.41) is 1.50. The Labute approximate surface area is 226 Å². The molecule has 0 fully saturated rings. The molecule has 0 saturated heterocycles. The average Bonchev–Trinajstić information content (AvgIpc) is 3.34.